The number of carboxylic acid groups (broad SMARTS) is 1. The number of nitrogens with zero attached hydrogens (tertiary/aromatic N) is 2. The lowest BCUT2D eigenvalue weighted by Crippen LogP contribution is -2.34. The number of amides is 1. The minimum absolute atomic E-state index is 0.0417. The molecule has 1 aromatic rings. The maximum absolute atomic E-state index is 12.5. The summed E-state index contributed by atoms with van der Waals surface area (Å²) >= 11 is 0. The summed E-state index contributed by atoms with van der Waals surface area (Å²) in [5.41, 5.74) is -0.604. The summed E-state index contributed by atoms with van der Waals surface area (Å²) in [6, 6.07) is 3.31. The summed E-state index contributed by atoms with van der Waals surface area (Å²) in [4.78, 5) is 35.3. The molecule has 1 aliphatic rings. The molecule has 0 spiro atoms. The van der Waals surface area contributed by atoms with Crippen molar-refractivity contribution in [3.05, 3.63) is 39.4 Å². The SMILES string of the molecule is CC1CC(C)N(C(=O)c2cc(C(=O)O)cc([N+](=O)[O-])c2)C1. The summed E-state index contributed by atoms with van der Waals surface area (Å²) in [5, 5.41) is 19.9. The molecule has 1 fully saturated rings. The van der Waals surface area contributed by atoms with Gasteiger partial charge >= 0.3 is 5.97 Å². The van der Waals surface area contributed by atoms with Gasteiger partial charge in [-0.05, 0) is 25.3 Å². The zero-order valence-corrected chi connectivity index (χ0v) is 11.8. The first kappa shape index (κ1) is 15.0. The number of carbonyl (C=O) groups excluding carboxylic acids is 1. The van der Waals surface area contributed by atoms with Crippen molar-refractivity contribution in [1.82, 2.24) is 4.90 Å². The summed E-state index contributed by atoms with van der Waals surface area (Å²) in [5.74, 6) is -1.30. The van der Waals surface area contributed by atoms with Gasteiger partial charge in [-0.1, -0.05) is 6.92 Å². The number of hydrogen-bond acceptors (Lipinski definition) is 4. The number of nitro benzene ring substituents is 1. The van der Waals surface area contributed by atoms with Gasteiger partial charge in [-0.15, -0.1) is 0 Å². The van der Waals surface area contributed by atoms with Gasteiger partial charge in [0.15, 0.2) is 0 Å². The highest BCUT2D eigenvalue weighted by molar-refractivity contribution is 5.98. The molecule has 1 saturated heterocycles. The Hall–Kier alpha value is -2.44. The van der Waals surface area contributed by atoms with Crippen LogP contribution in [-0.4, -0.2) is 39.4 Å². The molecule has 0 aromatic heterocycles. The van der Waals surface area contributed by atoms with Crippen LogP contribution >= 0.6 is 0 Å². The molecule has 2 atom stereocenters. The third-order valence-corrected chi connectivity index (χ3v) is 3.67. The number of hydrogen-bond donors (Lipinski definition) is 1. The van der Waals surface area contributed by atoms with Crippen molar-refractivity contribution in [1.29, 1.82) is 0 Å². The molecule has 1 amide bonds. The second-order valence-electron chi connectivity index (χ2n) is 5.48. The molecule has 0 saturated carbocycles. The molecule has 0 radical (unpaired) electrons. The average Bonchev–Trinajstić information content (AvgIpc) is 2.76. The van der Waals surface area contributed by atoms with Crippen LogP contribution in [0.4, 0.5) is 5.69 Å². The molecule has 1 heterocycles. The van der Waals surface area contributed by atoms with Crippen molar-refractivity contribution >= 4 is 17.6 Å². The van der Waals surface area contributed by atoms with E-state index >= 15 is 0 Å². The molecular weight excluding hydrogens is 276 g/mol. The Morgan fingerprint density at radius 2 is 1.90 bits per heavy atom. The van der Waals surface area contributed by atoms with E-state index < -0.39 is 16.6 Å². The Balaban J connectivity index is 2.40. The van der Waals surface area contributed by atoms with Crippen LogP contribution in [0.5, 0.6) is 0 Å². The molecule has 1 N–H and O–H groups in total. The Labute approximate surface area is 121 Å². The molecule has 0 aliphatic carbocycles. The Kier molecular flexibility index (Phi) is 3.93. The van der Waals surface area contributed by atoms with Crippen molar-refractivity contribution < 1.29 is 19.6 Å². The van der Waals surface area contributed by atoms with Gasteiger partial charge in [-0.3, -0.25) is 14.9 Å². The molecule has 1 aliphatic heterocycles. The van der Waals surface area contributed by atoms with Crippen LogP contribution in [0.25, 0.3) is 0 Å². The van der Waals surface area contributed by atoms with Crippen molar-refractivity contribution in [2.45, 2.75) is 26.3 Å². The van der Waals surface area contributed by atoms with Gasteiger partial charge in [0, 0.05) is 30.3 Å². The normalized spacial score (nSPS) is 21.3. The first-order valence-corrected chi connectivity index (χ1v) is 6.63. The molecule has 2 rings (SSSR count). The fourth-order valence-electron chi connectivity index (χ4n) is 2.71. The number of nitro groups is 1. The van der Waals surface area contributed by atoms with E-state index in [1.165, 1.54) is 6.07 Å². The fourth-order valence-corrected chi connectivity index (χ4v) is 2.71. The van der Waals surface area contributed by atoms with Gasteiger partial charge in [0.2, 0.25) is 0 Å². The lowest BCUT2D eigenvalue weighted by Gasteiger charge is -2.21. The van der Waals surface area contributed by atoms with E-state index in [2.05, 4.69) is 0 Å². The summed E-state index contributed by atoms with van der Waals surface area (Å²) in [6.07, 6.45) is 0.868. The number of rotatable bonds is 3. The molecule has 112 valence electrons. The molecule has 7 nitrogen and oxygen atoms in total. The minimum atomic E-state index is -1.30. The van der Waals surface area contributed by atoms with Crippen LogP contribution in [0.2, 0.25) is 0 Å². The largest absolute Gasteiger partial charge is 0.478 e. The van der Waals surface area contributed by atoms with E-state index in [1.807, 2.05) is 13.8 Å². The number of aromatic carboxylic acids is 1. The molecule has 7 heteroatoms. The Morgan fingerprint density at radius 3 is 2.38 bits per heavy atom. The van der Waals surface area contributed by atoms with Gasteiger partial charge in [0.25, 0.3) is 11.6 Å². The number of carboxylic acids is 1. The third-order valence-electron chi connectivity index (χ3n) is 3.67. The minimum Gasteiger partial charge on any atom is -0.478 e. The predicted octanol–water partition coefficient (Wildman–Crippen LogP) is 2.16. The van der Waals surface area contributed by atoms with Crippen molar-refractivity contribution in [2.24, 2.45) is 5.92 Å². The second kappa shape index (κ2) is 5.51. The number of carbonyl (C=O) groups is 2. The quantitative estimate of drug-likeness (QED) is 0.679. The standard InChI is InChI=1S/C14H16N2O5/c1-8-3-9(2)15(7-8)13(17)10-4-11(14(18)19)6-12(5-10)16(20)21/h4-6,8-9H,3,7H2,1-2H3,(H,18,19). The molecular formula is C14H16N2O5. The van der Waals surface area contributed by atoms with Crippen molar-refractivity contribution in [3.63, 3.8) is 0 Å². The lowest BCUT2D eigenvalue weighted by atomic mass is 10.1. The first-order chi connectivity index (χ1) is 9.79. The van der Waals surface area contributed by atoms with E-state index in [4.69, 9.17) is 5.11 Å². The maximum atomic E-state index is 12.5. The van der Waals surface area contributed by atoms with Crippen LogP contribution in [0, 0.1) is 16.0 Å². The van der Waals surface area contributed by atoms with E-state index in [-0.39, 0.29) is 23.1 Å². The average molecular weight is 292 g/mol. The predicted molar refractivity (Wildman–Crippen MR) is 74.3 cm³/mol. The summed E-state index contributed by atoms with van der Waals surface area (Å²) < 4.78 is 0. The van der Waals surface area contributed by atoms with Gasteiger partial charge in [-0.2, -0.15) is 0 Å². The zero-order chi connectivity index (χ0) is 15.7. The van der Waals surface area contributed by atoms with E-state index in [0.717, 1.165) is 18.6 Å². The molecule has 2 unspecified atom stereocenters. The van der Waals surface area contributed by atoms with Crippen LogP contribution in [-0.2, 0) is 0 Å². The van der Waals surface area contributed by atoms with Gasteiger partial charge in [0.05, 0.1) is 10.5 Å². The monoisotopic (exact) mass is 292 g/mol. The first-order valence-electron chi connectivity index (χ1n) is 6.63. The Bertz CT molecular complexity index is 581. The van der Waals surface area contributed by atoms with Crippen LogP contribution < -0.4 is 0 Å². The Morgan fingerprint density at radius 1 is 1.29 bits per heavy atom. The van der Waals surface area contributed by atoms with Gasteiger partial charge < -0.3 is 10.0 Å². The molecule has 21 heavy (non-hydrogen) atoms. The summed E-state index contributed by atoms with van der Waals surface area (Å²) in [7, 11) is 0. The maximum Gasteiger partial charge on any atom is 0.335 e. The topological polar surface area (TPSA) is 101 Å². The van der Waals surface area contributed by atoms with Crippen LogP contribution in [0.15, 0.2) is 18.2 Å². The highest BCUT2D eigenvalue weighted by atomic mass is 16.6. The number of likely N-dealkylation sites (tertiary alicyclic amines) is 1. The molecule has 1 aromatic carbocycles. The van der Waals surface area contributed by atoms with Crippen LogP contribution in [0.3, 0.4) is 0 Å². The molecule has 0 bridgehead atoms. The second-order valence-corrected chi connectivity index (χ2v) is 5.48. The van der Waals surface area contributed by atoms with Gasteiger partial charge in [-0.25, -0.2) is 4.79 Å². The van der Waals surface area contributed by atoms with E-state index in [9.17, 15) is 19.7 Å². The van der Waals surface area contributed by atoms with Crippen molar-refractivity contribution in [2.75, 3.05) is 6.54 Å². The lowest BCUT2D eigenvalue weighted by molar-refractivity contribution is -0.384. The third kappa shape index (κ3) is 3.01. The summed E-state index contributed by atoms with van der Waals surface area (Å²) in [6.45, 7) is 4.52. The highest BCUT2D eigenvalue weighted by Crippen LogP contribution is 2.26. The van der Waals surface area contributed by atoms with Crippen LogP contribution in [0.1, 0.15) is 41.0 Å². The zero-order valence-electron chi connectivity index (χ0n) is 11.8. The fraction of sp³-hybridized carbons (Fsp3) is 0.429. The van der Waals surface area contributed by atoms with Gasteiger partial charge in [0.1, 0.15) is 0 Å². The number of non-ortho nitro benzene ring substituents is 1. The van der Waals surface area contributed by atoms with Crippen molar-refractivity contribution in [3.8, 4) is 0 Å². The highest BCUT2D eigenvalue weighted by Gasteiger charge is 2.31. The van der Waals surface area contributed by atoms with E-state index in [0.29, 0.717) is 12.5 Å². The van der Waals surface area contributed by atoms with E-state index in [1.54, 1.807) is 4.90 Å². The smallest absolute Gasteiger partial charge is 0.335 e. The number of benzene rings is 1.